The lowest BCUT2D eigenvalue weighted by molar-refractivity contribution is -0.123. The van der Waals surface area contributed by atoms with Gasteiger partial charge in [-0.05, 0) is 53.6 Å². The van der Waals surface area contributed by atoms with E-state index in [0.717, 1.165) is 11.1 Å². The highest BCUT2D eigenvalue weighted by Gasteiger charge is 2.64. The predicted octanol–water partition coefficient (Wildman–Crippen LogP) is 4.75. The maximum Gasteiger partial charge on any atom is 0.240 e. The lowest BCUT2D eigenvalue weighted by atomic mass is 9.83. The second-order valence-electron chi connectivity index (χ2n) is 8.89. The van der Waals surface area contributed by atoms with Crippen LogP contribution in [0.15, 0.2) is 79.0 Å². The number of anilines is 1. The molecule has 3 heterocycles. The number of methoxy groups -OCH3 is 1. The first kappa shape index (κ1) is 21.6. The van der Waals surface area contributed by atoms with Crippen LogP contribution in [0.1, 0.15) is 27.5 Å². The third kappa shape index (κ3) is 3.13. The summed E-state index contributed by atoms with van der Waals surface area (Å²) in [6.45, 7) is 0. The summed E-state index contributed by atoms with van der Waals surface area (Å²) < 4.78 is 5.45. The first-order chi connectivity index (χ1) is 17.0. The minimum atomic E-state index is -0.837. The summed E-state index contributed by atoms with van der Waals surface area (Å²) in [7, 11) is 1.50. The number of hydrogen-bond donors (Lipinski definition) is 0. The van der Waals surface area contributed by atoms with Crippen molar-refractivity contribution in [2.45, 2.75) is 12.1 Å². The maximum absolute atomic E-state index is 14.0. The molecule has 2 fully saturated rings. The summed E-state index contributed by atoms with van der Waals surface area (Å²) in [5, 5.41) is 0.519. The van der Waals surface area contributed by atoms with Crippen molar-refractivity contribution in [2.75, 3.05) is 12.0 Å². The predicted molar refractivity (Wildman–Crippen MR) is 132 cm³/mol. The van der Waals surface area contributed by atoms with E-state index in [0.29, 0.717) is 22.0 Å². The SMILES string of the molecule is COc1ccccc1N1C(=O)C2C(C1=O)C1c3ccccc3C=CN1C2C(=O)c1ccc(Cl)cc1. The largest absolute Gasteiger partial charge is 0.495 e. The summed E-state index contributed by atoms with van der Waals surface area (Å²) in [5.41, 5.74) is 2.74. The minimum Gasteiger partial charge on any atom is -0.495 e. The first-order valence-electron chi connectivity index (χ1n) is 11.4. The molecule has 0 saturated carbocycles. The van der Waals surface area contributed by atoms with Crippen LogP contribution in [-0.2, 0) is 9.59 Å². The van der Waals surface area contributed by atoms with E-state index in [2.05, 4.69) is 0 Å². The molecule has 0 bridgehead atoms. The molecule has 2 saturated heterocycles. The Kier molecular flexibility index (Phi) is 5.00. The second kappa shape index (κ2) is 8.10. The fraction of sp³-hybridized carbons (Fsp3) is 0.179. The molecule has 4 atom stereocenters. The summed E-state index contributed by atoms with van der Waals surface area (Å²) in [6, 6.07) is 20.1. The van der Waals surface area contributed by atoms with E-state index in [1.54, 1.807) is 48.5 Å². The minimum absolute atomic E-state index is 0.216. The second-order valence-corrected chi connectivity index (χ2v) is 9.32. The smallest absolute Gasteiger partial charge is 0.240 e. The van der Waals surface area contributed by atoms with E-state index < -0.39 is 29.8 Å². The molecule has 4 unspecified atom stereocenters. The first-order valence-corrected chi connectivity index (χ1v) is 11.7. The summed E-state index contributed by atoms with van der Waals surface area (Å²) in [4.78, 5) is 44.9. The number of carbonyl (C=O) groups excluding carboxylic acids is 3. The molecule has 0 aromatic heterocycles. The molecular formula is C28H21ClN2O4. The quantitative estimate of drug-likeness (QED) is 0.395. The lowest BCUT2D eigenvalue weighted by Crippen LogP contribution is -2.44. The molecule has 3 aliphatic rings. The van der Waals surface area contributed by atoms with Crippen molar-refractivity contribution in [3.8, 4) is 5.75 Å². The van der Waals surface area contributed by atoms with Crippen LogP contribution >= 0.6 is 11.6 Å². The Morgan fingerprint density at radius 3 is 2.34 bits per heavy atom. The van der Waals surface area contributed by atoms with Gasteiger partial charge in [-0.15, -0.1) is 0 Å². The normalized spacial score (nSPS) is 24.3. The van der Waals surface area contributed by atoms with Crippen LogP contribution in [0.4, 0.5) is 5.69 Å². The Morgan fingerprint density at radius 2 is 1.57 bits per heavy atom. The average Bonchev–Trinajstić information content (AvgIpc) is 3.36. The molecule has 6 rings (SSSR count). The standard InChI is InChI=1S/C28H21ClN2O4/c1-35-21-9-5-4-8-20(21)31-27(33)22-23(28(31)34)25(26(32)17-10-12-18(29)13-11-17)30-15-14-16-6-2-3-7-19(16)24(22)30/h2-15,22-25H,1H3. The van der Waals surface area contributed by atoms with Gasteiger partial charge in [0.05, 0.1) is 30.7 Å². The van der Waals surface area contributed by atoms with E-state index in [-0.39, 0.29) is 11.7 Å². The number of Topliss-reactive ketones (excluding diaryl/α,β-unsaturated/α-hetero) is 1. The summed E-state index contributed by atoms with van der Waals surface area (Å²) in [6.07, 6.45) is 3.78. The molecule has 0 N–H and O–H groups in total. The van der Waals surface area contributed by atoms with Crippen molar-refractivity contribution in [3.05, 3.63) is 101 Å². The number of amides is 2. The van der Waals surface area contributed by atoms with E-state index in [4.69, 9.17) is 16.3 Å². The Balaban J connectivity index is 1.51. The third-order valence-electron chi connectivity index (χ3n) is 7.19. The Labute approximate surface area is 207 Å². The molecule has 3 aromatic carbocycles. The number of hydrogen-bond acceptors (Lipinski definition) is 5. The van der Waals surface area contributed by atoms with Crippen molar-refractivity contribution in [1.29, 1.82) is 0 Å². The number of imide groups is 1. The van der Waals surface area contributed by atoms with Gasteiger partial charge < -0.3 is 9.64 Å². The van der Waals surface area contributed by atoms with Crippen molar-refractivity contribution in [1.82, 2.24) is 4.90 Å². The van der Waals surface area contributed by atoms with Crippen molar-refractivity contribution < 1.29 is 19.1 Å². The van der Waals surface area contributed by atoms with Crippen LogP contribution in [-0.4, -0.2) is 35.6 Å². The highest BCUT2D eigenvalue weighted by atomic mass is 35.5. The molecule has 0 aliphatic carbocycles. The highest BCUT2D eigenvalue weighted by Crippen LogP contribution is 2.54. The number of nitrogens with zero attached hydrogens (tertiary/aromatic N) is 2. The molecular weight excluding hydrogens is 464 g/mol. The Hall–Kier alpha value is -3.90. The molecule has 3 aromatic rings. The molecule has 0 spiro atoms. The van der Waals surface area contributed by atoms with Crippen LogP contribution in [0, 0.1) is 11.8 Å². The lowest BCUT2D eigenvalue weighted by Gasteiger charge is -2.35. The van der Waals surface area contributed by atoms with E-state index in [1.807, 2.05) is 41.4 Å². The van der Waals surface area contributed by atoms with Gasteiger partial charge >= 0.3 is 0 Å². The van der Waals surface area contributed by atoms with Crippen LogP contribution in [0.3, 0.4) is 0 Å². The van der Waals surface area contributed by atoms with Gasteiger partial charge in [0.25, 0.3) is 0 Å². The van der Waals surface area contributed by atoms with Gasteiger partial charge in [0.15, 0.2) is 5.78 Å². The molecule has 35 heavy (non-hydrogen) atoms. The zero-order valence-electron chi connectivity index (χ0n) is 18.8. The van der Waals surface area contributed by atoms with Crippen LogP contribution in [0.5, 0.6) is 5.75 Å². The van der Waals surface area contributed by atoms with E-state index in [1.165, 1.54) is 12.0 Å². The fourth-order valence-electron chi connectivity index (χ4n) is 5.69. The van der Waals surface area contributed by atoms with Gasteiger partial charge in [0.2, 0.25) is 11.8 Å². The number of carbonyl (C=O) groups is 3. The van der Waals surface area contributed by atoms with Gasteiger partial charge in [0.1, 0.15) is 11.8 Å². The topological polar surface area (TPSA) is 66.9 Å². The number of halogens is 1. The number of benzene rings is 3. The van der Waals surface area contributed by atoms with Crippen molar-refractivity contribution in [3.63, 3.8) is 0 Å². The number of para-hydroxylation sites is 2. The average molecular weight is 485 g/mol. The molecule has 6 nitrogen and oxygen atoms in total. The number of ether oxygens (including phenoxy) is 1. The Bertz CT molecular complexity index is 1400. The van der Waals surface area contributed by atoms with Crippen LogP contribution in [0.2, 0.25) is 5.02 Å². The molecule has 3 aliphatic heterocycles. The molecule has 7 heteroatoms. The number of ketones is 1. The number of rotatable bonds is 4. The van der Waals surface area contributed by atoms with Gasteiger partial charge in [-0.1, -0.05) is 48.0 Å². The molecule has 174 valence electrons. The fourth-order valence-corrected chi connectivity index (χ4v) is 5.82. The Morgan fingerprint density at radius 1 is 0.886 bits per heavy atom. The zero-order chi connectivity index (χ0) is 24.3. The van der Waals surface area contributed by atoms with E-state index in [9.17, 15) is 14.4 Å². The maximum atomic E-state index is 14.0. The van der Waals surface area contributed by atoms with Crippen molar-refractivity contribution >= 4 is 41.0 Å². The van der Waals surface area contributed by atoms with Gasteiger partial charge in [0, 0.05) is 16.8 Å². The monoisotopic (exact) mass is 484 g/mol. The van der Waals surface area contributed by atoms with Gasteiger partial charge in [-0.3, -0.25) is 14.4 Å². The third-order valence-corrected chi connectivity index (χ3v) is 7.44. The summed E-state index contributed by atoms with van der Waals surface area (Å²) >= 11 is 6.04. The van der Waals surface area contributed by atoms with E-state index >= 15 is 0 Å². The molecule has 0 radical (unpaired) electrons. The summed E-state index contributed by atoms with van der Waals surface area (Å²) in [5.74, 6) is -2.05. The van der Waals surface area contributed by atoms with Gasteiger partial charge in [-0.25, -0.2) is 4.90 Å². The van der Waals surface area contributed by atoms with Crippen molar-refractivity contribution in [2.24, 2.45) is 11.8 Å². The van der Waals surface area contributed by atoms with Crippen LogP contribution < -0.4 is 9.64 Å². The number of fused-ring (bicyclic) bond motifs is 5. The highest BCUT2D eigenvalue weighted by molar-refractivity contribution is 6.30. The zero-order valence-corrected chi connectivity index (χ0v) is 19.6. The van der Waals surface area contributed by atoms with Crippen LogP contribution in [0.25, 0.3) is 6.08 Å². The molecule has 2 amide bonds. The van der Waals surface area contributed by atoms with Gasteiger partial charge in [-0.2, -0.15) is 0 Å².